The summed E-state index contributed by atoms with van der Waals surface area (Å²) in [5, 5.41) is 23.8. The minimum Gasteiger partial charge on any atom is -0.465 e. The summed E-state index contributed by atoms with van der Waals surface area (Å²) in [6, 6.07) is 14.6. The molecule has 0 atom stereocenters. The number of benzene rings is 3. The minimum absolute atomic E-state index is 0.00957. The summed E-state index contributed by atoms with van der Waals surface area (Å²) < 4.78 is 44.7. The highest BCUT2D eigenvalue weighted by Crippen LogP contribution is 2.48. The maximum Gasteiger partial charge on any atom is 0.357 e. The van der Waals surface area contributed by atoms with Gasteiger partial charge in [0.2, 0.25) is 0 Å². The standard InChI is InChI=1S/C33H27F2N9O4/c1-3-47-25(45)16-43-30-22(13-36)26(24-15-42(41-40-24)14-19-8-6-5-7-9-19)31(44-18-38-17-39-44)27(21-11-10-20(34)12-23(21)35)28(30)29(37)32(43)33(46)48-4-2/h5-12,15,17-18H,3-4,14,16,37H2,1-2H3. The summed E-state index contributed by atoms with van der Waals surface area (Å²) in [6.07, 6.45) is 4.15. The van der Waals surface area contributed by atoms with Crippen LogP contribution in [0.5, 0.6) is 0 Å². The number of esters is 2. The molecule has 6 aromatic rings. The van der Waals surface area contributed by atoms with Crippen molar-refractivity contribution in [1.29, 1.82) is 5.26 Å². The van der Waals surface area contributed by atoms with Crippen molar-refractivity contribution >= 4 is 28.5 Å². The monoisotopic (exact) mass is 651 g/mol. The molecule has 0 unspecified atom stereocenters. The predicted octanol–water partition coefficient (Wildman–Crippen LogP) is 4.67. The lowest BCUT2D eigenvalue weighted by Crippen LogP contribution is -2.20. The van der Waals surface area contributed by atoms with Gasteiger partial charge >= 0.3 is 11.9 Å². The average molecular weight is 652 g/mol. The summed E-state index contributed by atoms with van der Waals surface area (Å²) in [7, 11) is 0. The van der Waals surface area contributed by atoms with Gasteiger partial charge in [-0.15, -0.1) is 5.10 Å². The third kappa shape index (κ3) is 5.60. The van der Waals surface area contributed by atoms with Gasteiger partial charge in [0, 0.05) is 22.6 Å². The molecule has 0 spiro atoms. The first-order valence-corrected chi connectivity index (χ1v) is 14.8. The number of nitrogens with two attached hydrogens (primary N) is 1. The third-order valence-corrected chi connectivity index (χ3v) is 7.52. The third-order valence-electron chi connectivity index (χ3n) is 7.52. The molecule has 13 nitrogen and oxygen atoms in total. The molecule has 3 aromatic carbocycles. The quantitative estimate of drug-likeness (QED) is 0.206. The van der Waals surface area contributed by atoms with Crippen LogP contribution in [-0.4, -0.2) is 59.5 Å². The Labute approximate surface area is 271 Å². The second-order valence-corrected chi connectivity index (χ2v) is 10.4. The minimum atomic E-state index is -0.976. The van der Waals surface area contributed by atoms with Crippen LogP contribution in [0.4, 0.5) is 14.5 Å². The molecular weight excluding hydrogens is 624 g/mol. The smallest absolute Gasteiger partial charge is 0.357 e. The fraction of sp³-hybridized carbons (Fsp3) is 0.182. The first-order chi connectivity index (χ1) is 23.3. The van der Waals surface area contributed by atoms with Gasteiger partial charge in [0.05, 0.1) is 54.0 Å². The van der Waals surface area contributed by atoms with E-state index in [9.17, 15) is 19.2 Å². The van der Waals surface area contributed by atoms with Crippen molar-refractivity contribution in [2.45, 2.75) is 26.9 Å². The fourth-order valence-corrected chi connectivity index (χ4v) is 5.67. The van der Waals surface area contributed by atoms with E-state index < -0.39 is 30.1 Å². The Hall–Kier alpha value is -6.43. The van der Waals surface area contributed by atoms with Gasteiger partial charge in [0.25, 0.3) is 0 Å². The summed E-state index contributed by atoms with van der Waals surface area (Å²) >= 11 is 0. The number of carbonyl (C=O) groups is 2. The van der Waals surface area contributed by atoms with Crippen molar-refractivity contribution in [3.05, 3.63) is 95.8 Å². The molecule has 0 aliphatic heterocycles. The number of aromatic nitrogens is 7. The molecule has 0 saturated carbocycles. The van der Waals surface area contributed by atoms with E-state index in [2.05, 4.69) is 26.5 Å². The van der Waals surface area contributed by atoms with Crippen molar-refractivity contribution in [2.75, 3.05) is 18.9 Å². The van der Waals surface area contributed by atoms with Crippen molar-refractivity contribution in [3.8, 4) is 34.1 Å². The largest absolute Gasteiger partial charge is 0.465 e. The summed E-state index contributed by atoms with van der Waals surface area (Å²) in [6.45, 7) is 2.97. The number of carbonyl (C=O) groups excluding carboxylic acids is 2. The second kappa shape index (κ2) is 13.1. The van der Waals surface area contributed by atoms with E-state index in [0.717, 1.165) is 11.6 Å². The van der Waals surface area contributed by atoms with Crippen LogP contribution in [0.15, 0.2) is 67.4 Å². The maximum absolute atomic E-state index is 15.9. The van der Waals surface area contributed by atoms with Crippen molar-refractivity contribution in [1.82, 2.24) is 34.3 Å². The molecule has 0 saturated heterocycles. The molecule has 48 heavy (non-hydrogen) atoms. The highest BCUT2D eigenvalue weighted by molar-refractivity contribution is 6.18. The zero-order valence-corrected chi connectivity index (χ0v) is 25.7. The average Bonchev–Trinajstić information content (AvgIpc) is 3.82. The van der Waals surface area contributed by atoms with Crippen LogP contribution in [0.2, 0.25) is 0 Å². The molecule has 0 bridgehead atoms. The lowest BCUT2D eigenvalue weighted by atomic mass is 9.90. The van der Waals surface area contributed by atoms with Gasteiger partial charge in [-0.25, -0.2) is 27.9 Å². The highest BCUT2D eigenvalue weighted by atomic mass is 19.1. The number of nitrogen functional groups attached to an aromatic ring is 1. The summed E-state index contributed by atoms with van der Waals surface area (Å²) in [5.74, 6) is -3.46. The van der Waals surface area contributed by atoms with E-state index in [4.69, 9.17) is 15.2 Å². The molecule has 0 fully saturated rings. The lowest BCUT2D eigenvalue weighted by Gasteiger charge is -2.19. The highest BCUT2D eigenvalue weighted by Gasteiger charge is 2.34. The number of hydrogen-bond donors (Lipinski definition) is 1. The molecule has 0 radical (unpaired) electrons. The van der Waals surface area contributed by atoms with Crippen LogP contribution in [0, 0.1) is 23.0 Å². The van der Waals surface area contributed by atoms with E-state index >= 15 is 4.39 Å². The summed E-state index contributed by atoms with van der Waals surface area (Å²) in [5.41, 5.74) is 7.26. The number of anilines is 1. The van der Waals surface area contributed by atoms with E-state index in [1.54, 1.807) is 24.7 Å². The number of nitrogens with zero attached hydrogens (tertiary/aromatic N) is 8. The SMILES string of the molecule is CCOC(=O)Cn1c(C(=O)OCC)c(N)c2c(-c3ccc(F)cc3F)c(-n3cncn3)c(-c3cn(Cc4ccccc4)nn3)c(C#N)c21. The van der Waals surface area contributed by atoms with Crippen molar-refractivity contribution in [3.63, 3.8) is 0 Å². The van der Waals surface area contributed by atoms with Gasteiger partial charge in [-0.3, -0.25) is 4.79 Å². The molecule has 242 valence electrons. The second-order valence-electron chi connectivity index (χ2n) is 10.4. The van der Waals surface area contributed by atoms with Crippen molar-refractivity contribution in [2.24, 2.45) is 0 Å². The molecule has 15 heteroatoms. The predicted molar refractivity (Wildman–Crippen MR) is 168 cm³/mol. The lowest BCUT2D eigenvalue weighted by molar-refractivity contribution is -0.143. The van der Waals surface area contributed by atoms with Crippen LogP contribution in [0.25, 0.3) is 39.0 Å². The molecule has 0 amide bonds. The van der Waals surface area contributed by atoms with Crippen LogP contribution >= 0.6 is 0 Å². The van der Waals surface area contributed by atoms with Gasteiger partial charge in [-0.1, -0.05) is 35.5 Å². The van der Waals surface area contributed by atoms with Gasteiger partial charge in [0.15, 0.2) is 5.69 Å². The first-order valence-electron chi connectivity index (χ1n) is 14.8. The van der Waals surface area contributed by atoms with E-state index in [-0.39, 0.29) is 69.1 Å². The normalized spacial score (nSPS) is 11.1. The number of halogens is 2. The maximum atomic E-state index is 15.9. The van der Waals surface area contributed by atoms with E-state index in [1.165, 1.54) is 28.0 Å². The number of ether oxygens (including phenoxy) is 2. The van der Waals surface area contributed by atoms with Crippen LogP contribution in [0.1, 0.15) is 35.5 Å². The van der Waals surface area contributed by atoms with Gasteiger partial charge in [-0.05, 0) is 31.5 Å². The molecule has 0 aliphatic carbocycles. The molecular formula is C33H27F2N9O4. The molecule has 2 N–H and O–H groups in total. The van der Waals surface area contributed by atoms with E-state index in [0.29, 0.717) is 12.6 Å². The topological polar surface area (TPSA) is 169 Å². The Balaban J connectivity index is 1.80. The van der Waals surface area contributed by atoms with Gasteiger partial charge in [-0.2, -0.15) is 10.4 Å². The fourth-order valence-electron chi connectivity index (χ4n) is 5.67. The Morgan fingerprint density at radius 1 is 1.04 bits per heavy atom. The zero-order valence-electron chi connectivity index (χ0n) is 25.7. The van der Waals surface area contributed by atoms with Gasteiger partial charge < -0.3 is 19.8 Å². The Kier molecular flexibility index (Phi) is 8.63. The van der Waals surface area contributed by atoms with E-state index in [1.807, 2.05) is 30.3 Å². The zero-order chi connectivity index (χ0) is 33.9. The van der Waals surface area contributed by atoms with Crippen LogP contribution < -0.4 is 5.73 Å². The molecule has 3 heterocycles. The van der Waals surface area contributed by atoms with Crippen molar-refractivity contribution < 1.29 is 27.8 Å². The molecule has 6 rings (SSSR count). The number of fused-ring (bicyclic) bond motifs is 1. The first kappa shape index (κ1) is 31.5. The summed E-state index contributed by atoms with van der Waals surface area (Å²) in [4.78, 5) is 30.5. The number of rotatable bonds is 10. The molecule has 3 aromatic heterocycles. The Morgan fingerprint density at radius 2 is 1.81 bits per heavy atom. The van der Waals surface area contributed by atoms with Gasteiger partial charge in [0.1, 0.15) is 42.6 Å². The Bertz CT molecular complexity index is 2200. The number of nitriles is 1. The van der Waals surface area contributed by atoms with Crippen LogP contribution in [-0.2, 0) is 27.4 Å². The molecule has 0 aliphatic rings. The number of hydrogen-bond acceptors (Lipinski definition) is 10. The Morgan fingerprint density at radius 3 is 2.48 bits per heavy atom. The van der Waals surface area contributed by atoms with Crippen LogP contribution in [0.3, 0.4) is 0 Å².